The van der Waals surface area contributed by atoms with Crippen LogP contribution >= 0.6 is 22.7 Å². The van der Waals surface area contributed by atoms with Crippen LogP contribution in [0.2, 0.25) is 0 Å². The van der Waals surface area contributed by atoms with Gasteiger partial charge in [-0.15, -0.1) is 22.7 Å². The second-order valence-corrected chi connectivity index (χ2v) is 14.0. The zero-order chi connectivity index (χ0) is 32.4. The van der Waals surface area contributed by atoms with Gasteiger partial charge >= 0.3 is 0 Å². The minimum Gasteiger partial charge on any atom is -0.410 e. The lowest BCUT2D eigenvalue weighted by molar-refractivity contribution is 0.321. The van der Waals surface area contributed by atoms with Crippen LogP contribution in [0.1, 0.15) is 61.4 Å². The number of thiophene rings is 2. The van der Waals surface area contributed by atoms with E-state index in [1.807, 2.05) is 12.1 Å². The summed E-state index contributed by atoms with van der Waals surface area (Å²) < 4.78 is 30.4. The monoisotopic (exact) mass is 644 g/mol. The fourth-order valence-electron chi connectivity index (χ4n) is 5.48. The van der Waals surface area contributed by atoms with Gasteiger partial charge in [-0.2, -0.15) is 0 Å². The molecule has 0 aliphatic heterocycles. The summed E-state index contributed by atoms with van der Waals surface area (Å²) in [5, 5.41) is 22.5. The Labute approximate surface area is 271 Å². The SMILES string of the molecule is CCC(C)Cc1ccc(-c2ccc(C3=C(N)C(N)=C(c4ccc(-c5ccc(CC(C)CC)cc5F)s4)/C(=N/O)C3=N)s2)c(F)c1. The Morgan fingerprint density at radius 2 is 1.13 bits per heavy atom. The molecule has 2 heterocycles. The molecule has 5 rings (SSSR count). The number of benzene rings is 2. The zero-order valence-corrected chi connectivity index (χ0v) is 27.5. The topological polar surface area (TPSA) is 108 Å². The van der Waals surface area contributed by atoms with Gasteiger partial charge < -0.3 is 16.7 Å². The molecule has 0 fully saturated rings. The fraction of sp³-hybridized carbons (Fsp3) is 0.278. The van der Waals surface area contributed by atoms with Crippen LogP contribution in [0.25, 0.3) is 32.0 Å². The van der Waals surface area contributed by atoms with Crippen molar-refractivity contribution < 1.29 is 14.0 Å². The molecule has 0 saturated carbocycles. The van der Waals surface area contributed by atoms with E-state index in [2.05, 4.69) is 32.9 Å². The lowest BCUT2D eigenvalue weighted by Crippen LogP contribution is -2.29. The molecule has 2 atom stereocenters. The number of nitrogens with zero attached hydrogens (tertiary/aromatic N) is 1. The highest BCUT2D eigenvalue weighted by Gasteiger charge is 2.32. The molecule has 1 aliphatic carbocycles. The standard InChI is InChI=1S/C36H38F2N4OS2/c1-5-19(3)15-21-7-9-23(25(37)17-21)27-11-13-29(44-27)31-33(39)34(40)32(36(42-43)35(31)41)30-14-12-28(45-30)24-10-8-22(18-26(24)38)16-20(4)6-2/h7-14,17-20,41,43H,5-6,15-16,39-40H2,1-4H3/b41-35?,42-36-. The van der Waals surface area contributed by atoms with Crippen LogP contribution < -0.4 is 11.5 Å². The zero-order valence-electron chi connectivity index (χ0n) is 25.9. The minimum absolute atomic E-state index is 0.0370. The van der Waals surface area contributed by atoms with Crippen molar-refractivity contribution in [1.29, 1.82) is 5.41 Å². The molecule has 5 nitrogen and oxygen atoms in total. The van der Waals surface area contributed by atoms with E-state index >= 15 is 8.78 Å². The Kier molecular flexibility index (Phi) is 9.70. The van der Waals surface area contributed by atoms with E-state index in [9.17, 15) is 5.21 Å². The van der Waals surface area contributed by atoms with E-state index in [1.54, 1.807) is 48.5 Å². The van der Waals surface area contributed by atoms with Crippen molar-refractivity contribution in [3.05, 3.63) is 105 Å². The first-order chi connectivity index (χ1) is 21.6. The molecular weight excluding hydrogens is 607 g/mol. The summed E-state index contributed by atoms with van der Waals surface area (Å²) in [7, 11) is 0. The van der Waals surface area contributed by atoms with E-state index in [-0.39, 0.29) is 34.5 Å². The normalized spacial score (nSPS) is 16.1. The molecule has 1 aliphatic rings. The number of allylic oxidation sites excluding steroid dienone is 2. The van der Waals surface area contributed by atoms with Crippen LogP contribution in [0.3, 0.4) is 0 Å². The Balaban J connectivity index is 1.47. The Morgan fingerprint density at radius 1 is 0.711 bits per heavy atom. The van der Waals surface area contributed by atoms with Gasteiger partial charge in [-0.3, -0.25) is 5.41 Å². The van der Waals surface area contributed by atoms with Crippen molar-refractivity contribution in [1.82, 2.24) is 0 Å². The first-order valence-electron chi connectivity index (χ1n) is 15.2. The predicted octanol–water partition coefficient (Wildman–Crippen LogP) is 9.50. The molecule has 0 saturated heterocycles. The van der Waals surface area contributed by atoms with Crippen molar-refractivity contribution in [2.24, 2.45) is 28.5 Å². The molecule has 0 bridgehead atoms. The van der Waals surface area contributed by atoms with Crippen LogP contribution in [-0.2, 0) is 12.8 Å². The van der Waals surface area contributed by atoms with Crippen molar-refractivity contribution in [2.75, 3.05) is 0 Å². The molecule has 4 aromatic rings. The van der Waals surface area contributed by atoms with Crippen LogP contribution in [0, 0.1) is 28.9 Å². The van der Waals surface area contributed by atoms with Crippen molar-refractivity contribution in [3.8, 4) is 20.9 Å². The third kappa shape index (κ3) is 6.51. The van der Waals surface area contributed by atoms with Crippen molar-refractivity contribution >= 4 is 45.2 Å². The van der Waals surface area contributed by atoms with E-state index < -0.39 is 0 Å². The fourth-order valence-corrected chi connectivity index (χ4v) is 7.67. The van der Waals surface area contributed by atoms with Crippen LogP contribution in [0.15, 0.2) is 77.2 Å². The highest BCUT2D eigenvalue weighted by molar-refractivity contribution is 7.18. The largest absolute Gasteiger partial charge is 0.410 e. The quantitative estimate of drug-likeness (QED) is 0.0784. The molecule has 0 radical (unpaired) electrons. The first-order valence-corrected chi connectivity index (χ1v) is 16.8. The number of hydrogen-bond donors (Lipinski definition) is 4. The van der Waals surface area contributed by atoms with E-state index in [4.69, 9.17) is 16.9 Å². The van der Waals surface area contributed by atoms with Crippen LogP contribution in [0.4, 0.5) is 8.78 Å². The summed E-state index contributed by atoms with van der Waals surface area (Å²) in [6.45, 7) is 8.54. The molecule has 2 unspecified atom stereocenters. The highest BCUT2D eigenvalue weighted by Crippen LogP contribution is 2.42. The number of nitrogens with one attached hydrogen (secondary N) is 1. The van der Waals surface area contributed by atoms with Crippen molar-refractivity contribution in [3.63, 3.8) is 0 Å². The van der Waals surface area contributed by atoms with Gasteiger partial charge in [0.15, 0.2) is 0 Å². The van der Waals surface area contributed by atoms with Gasteiger partial charge in [0.1, 0.15) is 17.3 Å². The molecule has 6 N–H and O–H groups in total. The summed E-state index contributed by atoms with van der Waals surface area (Å²) in [6.07, 6.45) is 3.67. The Hall–Kier alpha value is -4.08. The molecule has 2 aromatic carbocycles. The number of hydrogen-bond acceptors (Lipinski definition) is 7. The lowest BCUT2D eigenvalue weighted by atomic mass is 9.88. The number of halogens is 2. The maximum absolute atomic E-state index is 15.2. The summed E-state index contributed by atoms with van der Waals surface area (Å²) in [5.74, 6) is 0.316. The highest BCUT2D eigenvalue weighted by atomic mass is 32.1. The van der Waals surface area contributed by atoms with Gasteiger partial charge in [-0.05, 0) is 72.2 Å². The summed E-state index contributed by atoms with van der Waals surface area (Å²) in [4.78, 5) is 2.55. The lowest BCUT2D eigenvalue weighted by Gasteiger charge is -2.22. The number of nitrogens with two attached hydrogens (primary N) is 2. The van der Waals surface area contributed by atoms with E-state index in [0.29, 0.717) is 53.6 Å². The number of oxime groups is 1. The molecule has 2 aromatic heterocycles. The van der Waals surface area contributed by atoms with Gasteiger partial charge in [0.2, 0.25) is 0 Å². The first kappa shape index (κ1) is 32.3. The summed E-state index contributed by atoms with van der Waals surface area (Å²) >= 11 is 2.57. The Morgan fingerprint density at radius 3 is 1.56 bits per heavy atom. The van der Waals surface area contributed by atoms with Gasteiger partial charge in [-0.1, -0.05) is 70.0 Å². The summed E-state index contributed by atoms with van der Waals surface area (Å²) in [5.41, 5.74) is 16.8. The maximum Gasteiger partial charge on any atom is 0.139 e. The third-order valence-corrected chi connectivity index (χ3v) is 10.8. The van der Waals surface area contributed by atoms with Gasteiger partial charge in [0.25, 0.3) is 0 Å². The molecule has 9 heteroatoms. The molecule has 0 spiro atoms. The third-order valence-electron chi connectivity index (χ3n) is 8.52. The van der Waals surface area contributed by atoms with Gasteiger partial charge in [0.05, 0.1) is 17.1 Å². The van der Waals surface area contributed by atoms with Crippen molar-refractivity contribution in [2.45, 2.75) is 53.4 Å². The average Bonchev–Trinajstić information content (AvgIpc) is 3.69. The number of rotatable bonds is 10. The van der Waals surface area contributed by atoms with Gasteiger partial charge in [0, 0.05) is 41.8 Å². The average molecular weight is 645 g/mol. The molecule has 0 amide bonds. The maximum atomic E-state index is 15.2. The second-order valence-electron chi connectivity index (χ2n) is 11.8. The molecule has 45 heavy (non-hydrogen) atoms. The Bertz CT molecular complexity index is 1850. The van der Waals surface area contributed by atoms with Gasteiger partial charge in [-0.25, -0.2) is 8.78 Å². The van der Waals surface area contributed by atoms with Crippen LogP contribution in [0.5, 0.6) is 0 Å². The minimum atomic E-state index is -0.310. The smallest absolute Gasteiger partial charge is 0.139 e. The summed E-state index contributed by atoms with van der Waals surface area (Å²) in [6, 6.07) is 17.8. The van der Waals surface area contributed by atoms with Crippen LogP contribution in [-0.4, -0.2) is 16.6 Å². The predicted molar refractivity (Wildman–Crippen MR) is 185 cm³/mol. The van der Waals surface area contributed by atoms with E-state index in [0.717, 1.165) is 36.8 Å². The van der Waals surface area contributed by atoms with E-state index in [1.165, 1.54) is 22.7 Å². The second kappa shape index (κ2) is 13.5. The molecular formula is C36H38F2N4OS2. The molecule has 234 valence electrons.